The molecule has 182 valence electrons. The summed E-state index contributed by atoms with van der Waals surface area (Å²) in [6.45, 7) is 2.32. The Morgan fingerprint density at radius 1 is 0.472 bits per heavy atom. The topological polar surface area (TPSA) is 139 Å². The van der Waals surface area contributed by atoms with Gasteiger partial charge in [0.2, 0.25) is 0 Å². The first kappa shape index (κ1) is 25.5. The molecule has 3 aromatic carbocycles. The van der Waals surface area contributed by atoms with Gasteiger partial charge in [-0.2, -0.15) is 0 Å². The lowest BCUT2D eigenvalue weighted by molar-refractivity contribution is -0.132. The third-order valence-electron chi connectivity index (χ3n) is 4.45. The molecule has 0 amide bonds. The van der Waals surface area contributed by atoms with E-state index in [2.05, 4.69) is 0 Å². The lowest BCUT2D eigenvalue weighted by Gasteiger charge is -2.09. The number of para-hydroxylation sites is 2. The van der Waals surface area contributed by atoms with Gasteiger partial charge in [-0.15, -0.1) is 0 Å². The maximum atomic E-state index is 12.4. The molecule has 36 heavy (non-hydrogen) atoms. The second kappa shape index (κ2) is 11.3. The molecule has 0 aliphatic rings. The molecule has 0 unspecified atom stereocenters. The number of carbonyl (C=O) groups is 6. The Morgan fingerprint density at radius 3 is 1.14 bits per heavy atom. The first-order chi connectivity index (χ1) is 17.2. The van der Waals surface area contributed by atoms with Gasteiger partial charge in [0.1, 0.15) is 22.6 Å². The van der Waals surface area contributed by atoms with E-state index in [9.17, 15) is 28.8 Å². The zero-order chi connectivity index (χ0) is 26.2. The number of rotatable bonds is 6. The maximum absolute atomic E-state index is 12.4. The van der Waals surface area contributed by atoms with Crippen LogP contribution >= 0.6 is 0 Å². The van der Waals surface area contributed by atoms with E-state index in [0.29, 0.717) is 0 Å². The van der Waals surface area contributed by atoms with Crippen LogP contribution in [0.4, 0.5) is 0 Å². The van der Waals surface area contributed by atoms with Gasteiger partial charge in [-0.3, -0.25) is 9.59 Å². The van der Waals surface area contributed by atoms with E-state index in [-0.39, 0.29) is 33.8 Å². The van der Waals surface area contributed by atoms with Crippen molar-refractivity contribution in [2.45, 2.75) is 13.8 Å². The Bertz CT molecular complexity index is 1250. The van der Waals surface area contributed by atoms with Crippen LogP contribution in [0.25, 0.3) is 0 Å². The van der Waals surface area contributed by atoms with Crippen LogP contribution in [0.1, 0.15) is 55.3 Å². The Hall–Kier alpha value is -5.12. The smallest absolute Gasteiger partial charge is 0.349 e. The summed E-state index contributed by atoms with van der Waals surface area (Å²) in [5.74, 6) is -5.58. The summed E-state index contributed by atoms with van der Waals surface area (Å²) in [7, 11) is 0. The van der Waals surface area contributed by atoms with Crippen molar-refractivity contribution in [3.63, 3.8) is 0 Å². The van der Waals surface area contributed by atoms with Crippen LogP contribution < -0.4 is 9.47 Å². The van der Waals surface area contributed by atoms with E-state index in [1.807, 2.05) is 0 Å². The third kappa shape index (κ3) is 6.48. The molecule has 0 saturated carbocycles. The van der Waals surface area contributed by atoms with Gasteiger partial charge in [0.05, 0.1) is 11.1 Å². The van der Waals surface area contributed by atoms with Crippen LogP contribution in [0, 0.1) is 0 Å². The number of hydrogen-bond acceptors (Lipinski definition) is 10. The Labute approximate surface area is 204 Å². The quantitative estimate of drug-likeness (QED) is 0.286. The van der Waals surface area contributed by atoms with Crippen molar-refractivity contribution in [3.8, 4) is 11.5 Å². The van der Waals surface area contributed by atoms with Gasteiger partial charge >= 0.3 is 35.8 Å². The number of hydrogen-bond donors (Lipinski definition) is 0. The molecule has 3 rings (SSSR count). The maximum Gasteiger partial charge on any atom is 0.349 e. The fourth-order valence-corrected chi connectivity index (χ4v) is 2.90. The van der Waals surface area contributed by atoms with Crippen molar-refractivity contribution in [3.05, 3.63) is 95.1 Å². The Balaban J connectivity index is 1.67. The molecule has 0 aliphatic carbocycles. The molecule has 0 atom stereocenters. The third-order valence-corrected chi connectivity index (χ3v) is 4.45. The van der Waals surface area contributed by atoms with Gasteiger partial charge in [-0.05, 0) is 48.5 Å². The van der Waals surface area contributed by atoms with Crippen molar-refractivity contribution in [1.29, 1.82) is 0 Å². The second-order valence-corrected chi connectivity index (χ2v) is 7.11. The predicted octanol–water partition coefficient (Wildman–Crippen LogP) is 3.53. The van der Waals surface area contributed by atoms with Crippen molar-refractivity contribution in [1.82, 2.24) is 0 Å². The number of benzene rings is 3. The molecule has 0 aliphatic heterocycles. The van der Waals surface area contributed by atoms with Gasteiger partial charge in [0.15, 0.2) is 0 Å². The lowest BCUT2D eigenvalue weighted by Crippen LogP contribution is -2.16. The minimum atomic E-state index is -1.04. The van der Waals surface area contributed by atoms with Gasteiger partial charge in [-0.25, -0.2) is 19.2 Å². The van der Waals surface area contributed by atoms with E-state index < -0.39 is 35.8 Å². The molecule has 0 saturated heterocycles. The molecule has 0 N–H and O–H groups in total. The van der Waals surface area contributed by atoms with Crippen LogP contribution in [-0.4, -0.2) is 35.8 Å². The highest BCUT2D eigenvalue weighted by molar-refractivity contribution is 6.06. The van der Waals surface area contributed by atoms with Crippen LogP contribution in [-0.2, 0) is 19.1 Å². The van der Waals surface area contributed by atoms with E-state index in [4.69, 9.17) is 18.9 Å². The predicted molar refractivity (Wildman–Crippen MR) is 121 cm³/mol. The summed E-state index contributed by atoms with van der Waals surface area (Å²) in [5.41, 5.74) is -0.407. The average molecular weight is 490 g/mol. The van der Waals surface area contributed by atoms with E-state index in [0.717, 1.165) is 13.8 Å². The van der Waals surface area contributed by atoms with Crippen LogP contribution in [0.5, 0.6) is 11.5 Å². The van der Waals surface area contributed by atoms with Crippen molar-refractivity contribution >= 4 is 35.8 Å². The molecule has 10 nitrogen and oxygen atoms in total. The van der Waals surface area contributed by atoms with Crippen molar-refractivity contribution in [2.24, 2.45) is 0 Å². The summed E-state index contributed by atoms with van der Waals surface area (Å²) >= 11 is 0. The Morgan fingerprint density at radius 2 is 0.806 bits per heavy atom. The summed E-state index contributed by atoms with van der Waals surface area (Å²) < 4.78 is 19.5. The number of carbonyl (C=O) groups excluding carboxylic acids is 6. The molecular formula is C26H18O10. The zero-order valence-electron chi connectivity index (χ0n) is 19.0. The zero-order valence-corrected chi connectivity index (χ0v) is 19.0. The molecule has 0 spiro atoms. The molecule has 10 heteroatoms. The minimum absolute atomic E-state index is 0.0687. The van der Waals surface area contributed by atoms with E-state index in [1.165, 1.54) is 72.8 Å². The van der Waals surface area contributed by atoms with E-state index >= 15 is 0 Å². The normalized spacial score (nSPS) is 10.1. The van der Waals surface area contributed by atoms with Crippen LogP contribution in [0.15, 0.2) is 72.8 Å². The van der Waals surface area contributed by atoms with Crippen LogP contribution in [0.3, 0.4) is 0 Å². The van der Waals surface area contributed by atoms with Crippen LogP contribution in [0.2, 0.25) is 0 Å². The number of ether oxygens (including phenoxy) is 4. The van der Waals surface area contributed by atoms with Crippen molar-refractivity contribution < 1.29 is 47.7 Å². The summed E-state index contributed by atoms with van der Waals surface area (Å²) in [6, 6.07) is 16.2. The fourth-order valence-electron chi connectivity index (χ4n) is 2.90. The molecule has 0 bridgehead atoms. The first-order valence-electron chi connectivity index (χ1n) is 10.3. The monoisotopic (exact) mass is 490 g/mol. The highest BCUT2D eigenvalue weighted by atomic mass is 16.6. The lowest BCUT2D eigenvalue weighted by atomic mass is 10.1. The number of esters is 6. The van der Waals surface area contributed by atoms with Crippen molar-refractivity contribution in [2.75, 3.05) is 0 Å². The van der Waals surface area contributed by atoms with E-state index in [1.54, 1.807) is 0 Å². The summed E-state index contributed by atoms with van der Waals surface area (Å²) in [4.78, 5) is 71.9. The first-order valence-corrected chi connectivity index (χ1v) is 10.3. The standard InChI is InChI=1S/C26H18O10/c1-15(27)33-21-9-5-3-7-19(21)25(31)35-23(29)17-11-13-18(14-12-17)24(30)36-26(32)20-8-4-6-10-22(20)34-16(2)28/h3-14H,1-2H3. The highest BCUT2D eigenvalue weighted by Gasteiger charge is 2.22. The second-order valence-electron chi connectivity index (χ2n) is 7.11. The average Bonchev–Trinajstić information content (AvgIpc) is 2.84. The largest absolute Gasteiger partial charge is 0.426 e. The summed E-state index contributed by atoms with van der Waals surface area (Å²) in [5, 5.41) is 0. The highest BCUT2D eigenvalue weighted by Crippen LogP contribution is 2.21. The van der Waals surface area contributed by atoms with Gasteiger partial charge in [0.25, 0.3) is 0 Å². The molecular weight excluding hydrogens is 472 g/mol. The van der Waals surface area contributed by atoms with Gasteiger partial charge in [-0.1, -0.05) is 24.3 Å². The molecule has 3 aromatic rings. The Kier molecular flexibility index (Phi) is 8.03. The molecule has 0 heterocycles. The summed E-state index contributed by atoms with van der Waals surface area (Å²) in [6.07, 6.45) is 0. The van der Waals surface area contributed by atoms with Gasteiger partial charge in [0, 0.05) is 13.8 Å². The minimum Gasteiger partial charge on any atom is -0.426 e. The molecule has 0 fully saturated rings. The SMILES string of the molecule is CC(=O)Oc1ccccc1C(=O)OC(=O)c1ccc(C(=O)OC(=O)c2ccccc2OC(C)=O)cc1. The molecule has 0 aromatic heterocycles. The van der Waals surface area contributed by atoms with Gasteiger partial charge < -0.3 is 18.9 Å². The fraction of sp³-hybridized carbons (Fsp3) is 0.0769. The molecule has 0 radical (unpaired) electrons.